The largest absolute Gasteiger partial charge is 0.481 e. The number of aryl methyl sites for hydroxylation is 1. The van der Waals surface area contributed by atoms with Crippen molar-refractivity contribution in [1.82, 2.24) is 19.9 Å². The van der Waals surface area contributed by atoms with E-state index in [4.69, 9.17) is 4.74 Å². The number of hydrogen-bond donors (Lipinski definition) is 2. The molecular weight excluding hydrogens is 333 g/mol. The van der Waals surface area contributed by atoms with Gasteiger partial charge in [0.25, 0.3) is 0 Å². The summed E-state index contributed by atoms with van der Waals surface area (Å²) in [5.41, 5.74) is 3.53. The smallest absolute Gasteiger partial charge is 0.222 e. The molecule has 0 radical (unpaired) electrons. The first-order chi connectivity index (χ1) is 12.7. The normalized spacial score (nSPS) is 10.9. The van der Waals surface area contributed by atoms with Crippen LogP contribution >= 0.6 is 0 Å². The summed E-state index contributed by atoms with van der Waals surface area (Å²) in [6.45, 7) is 1.91. The molecule has 0 aliphatic carbocycles. The Morgan fingerprint density at radius 3 is 2.69 bits per heavy atom. The minimum Gasteiger partial charge on any atom is -0.481 e. The zero-order chi connectivity index (χ0) is 18.1. The third-order valence-electron chi connectivity index (χ3n) is 4.11. The minimum absolute atomic E-state index is 0.398. The summed E-state index contributed by atoms with van der Waals surface area (Å²) in [4.78, 5) is 15.5. The van der Waals surface area contributed by atoms with Crippen molar-refractivity contribution in [3.05, 3.63) is 60.4 Å². The maximum Gasteiger partial charge on any atom is 0.222 e. The number of methoxy groups -OCH3 is 1. The summed E-state index contributed by atoms with van der Waals surface area (Å²) < 4.78 is 19.8. The van der Waals surface area contributed by atoms with Crippen molar-refractivity contribution >= 4 is 22.5 Å². The van der Waals surface area contributed by atoms with Crippen LogP contribution in [0.25, 0.3) is 22.2 Å². The van der Waals surface area contributed by atoms with E-state index < -0.39 is 5.95 Å². The molecule has 0 spiro atoms. The first kappa shape index (κ1) is 16.0. The minimum atomic E-state index is -0.548. The Morgan fingerprint density at radius 2 is 1.96 bits per heavy atom. The summed E-state index contributed by atoms with van der Waals surface area (Å²) in [5.74, 6) is 0.359. The Balaban J connectivity index is 1.69. The molecule has 6 nitrogen and oxygen atoms in total. The number of halogens is 1. The fourth-order valence-electron chi connectivity index (χ4n) is 2.88. The van der Waals surface area contributed by atoms with Gasteiger partial charge in [-0.2, -0.15) is 4.39 Å². The van der Waals surface area contributed by atoms with E-state index in [2.05, 4.69) is 25.3 Å². The Labute approximate surface area is 149 Å². The van der Waals surface area contributed by atoms with Crippen molar-refractivity contribution in [1.29, 1.82) is 0 Å². The monoisotopic (exact) mass is 349 g/mol. The lowest BCUT2D eigenvalue weighted by Crippen LogP contribution is -1.99. The maximum atomic E-state index is 14.8. The highest BCUT2D eigenvalue weighted by Gasteiger charge is 2.15. The molecule has 26 heavy (non-hydrogen) atoms. The summed E-state index contributed by atoms with van der Waals surface area (Å²) in [7, 11) is 1.55. The Morgan fingerprint density at radius 1 is 1.08 bits per heavy atom. The third-order valence-corrected chi connectivity index (χ3v) is 4.11. The molecule has 0 saturated heterocycles. The number of fused-ring (bicyclic) bond motifs is 1. The predicted molar refractivity (Wildman–Crippen MR) is 98.1 cm³/mol. The van der Waals surface area contributed by atoms with Gasteiger partial charge in [0, 0.05) is 35.0 Å². The highest BCUT2D eigenvalue weighted by Crippen LogP contribution is 2.32. The van der Waals surface area contributed by atoms with Gasteiger partial charge in [-0.1, -0.05) is 0 Å². The molecule has 4 heterocycles. The van der Waals surface area contributed by atoms with Gasteiger partial charge in [-0.05, 0) is 36.8 Å². The van der Waals surface area contributed by atoms with Gasteiger partial charge in [0.05, 0.1) is 19.0 Å². The Hall–Kier alpha value is -3.48. The summed E-state index contributed by atoms with van der Waals surface area (Å²) in [5, 5.41) is 3.90. The van der Waals surface area contributed by atoms with Gasteiger partial charge in [-0.25, -0.2) is 15.0 Å². The van der Waals surface area contributed by atoms with E-state index in [1.807, 2.05) is 13.0 Å². The van der Waals surface area contributed by atoms with E-state index in [0.717, 1.165) is 22.2 Å². The second kappa shape index (κ2) is 6.44. The highest BCUT2D eigenvalue weighted by molar-refractivity contribution is 5.94. The molecule has 0 unspecified atom stereocenters. The van der Waals surface area contributed by atoms with Crippen LogP contribution in [0, 0.1) is 12.9 Å². The number of rotatable bonds is 4. The molecule has 0 atom stereocenters. The number of pyridine rings is 3. The molecule has 130 valence electrons. The number of nitrogens with zero attached hydrogens (tertiary/aromatic N) is 3. The second-order valence-electron chi connectivity index (χ2n) is 5.81. The molecule has 2 N–H and O–H groups in total. The maximum absolute atomic E-state index is 14.8. The van der Waals surface area contributed by atoms with Crippen LogP contribution in [0.3, 0.4) is 0 Å². The lowest BCUT2D eigenvalue weighted by atomic mass is 10.0. The van der Waals surface area contributed by atoms with Gasteiger partial charge in [-0.15, -0.1) is 0 Å². The van der Waals surface area contributed by atoms with Crippen LogP contribution in [-0.4, -0.2) is 27.0 Å². The lowest BCUT2D eigenvalue weighted by Gasteiger charge is -2.11. The van der Waals surface area contributed by atoms with Crippen molar-refractivity contribution in [3.8, 4) is 17.0 Å². The zero-order valence-corrected chi connectivity index (χ0v) is 14.2. The van der Waals surface area contributed by atoms with E-state index in [9.17, 15) is 4.39 Å². The van der Waals surface area contributed by atoms with Gasteiger partial charge in [-0.3, -0.25) is 0 Å². The highest BCUT2D eigenvalue weighted by atomic mass is 19.1. The number of aromatic amines is 1. The van der Waals surface area contributed by atoms with Crippen molar-refractivity contribution < 1.29 is 9.13 Å². The molecular formula is C19H16FN5O. The van der Waals surface area contributed by atoms with Gasteiger partial charge < -0.3 is 15.0 Å². The second-order valence-corrected chi connectivity index (χ2v) is 5.81. The molecule has 0 aromatic carbocycles. The van der Waals surface area contributed by atoms with Crippen LogP contribution in [0.2, 0.25) is 0 Å². The van der Waals surface area contributed by atoms with Gasteiger partial charge in [0.1, 0.15) is 11.5 Å². The molecule has 0 amide bonds. The molecule has 0 aliphatic heterocycles. The van der Waals surface area contributed by atoms with Crippen LogP contribution in [0.4, 0.5) is 15.9 Å². The summed E-state index contributed by atoms with van der Waals surface area (Å²) >= 11 is 0. The Kier molecular flexibility index (Phi) is 3.96. The standard InChI is InChI=1S/C19H16FN5O/c1-11-9-23-19-14(7-8-21-19)17(11)13-4-5-15(25-18(13)20)24-12-3-6-16(26-2)22-10-12/h3-10H,1-2H3,(H,21,23)(H,24,25). The van der Waals surface area contributed by atoms with Crippen LogP contribution in [0.5, 0.6) is 5.88 Å². The number of H-pyrrole nitrogens is 1. The molecule has 4 aromatic rings. The quantitative estimate of drug-likeness (QED) is 0.540. The van der Waals surface area contributed by atoms with Crippen molar-refractivity contribution in [2.45, 2.75) is 6.92 Å². The fraction of sp³-hybridized carbons (Fsp3) is 0.105. The zero-order valence-electron chi connectivity index (χ0n) is 14.2. The third kappa shape index (κ3) is 2.83. The van der Waals surface area contributed by atoms with Gasteiger partial charge in [0.15, 0.2) is 0 Å². The van der Waals surface area contributed by atoms with Crippen molar-refractivity contribution in [2.24, 2.45) is 0 Å². The average molecular weight is 349 g/mol. The number of anilines is 2. The topological polar surface area (TPSA) is 75.7 Å². The number of hydrogen-bond acceptors (Lipinski definition) is 5. The summed E-state index contributed by atoms with van der Waals surface area (Å²) in [6, 6.07) is 8.85. The Bertz CT molecular complexity index is 1080. The predicted octanol–water partition coefficient (Wildman–Crippen LogP) is 4.22. The molecule has 4 aromatic heterocycles. The van der Waals surface area contributed by atoms with Crippen LogP contribution in [-0.2, 0) is 0 Å². The van der Waals surface area contributed by atoms with E-state index in [-0.39, 0.29) is 0 Å². The van der Waals surface area contributed by atoms with Crippen LogP contribution in [0.15, 0.2) is 48.9 Å². The fourth-order valence-corrected chi connectivity index (χ4v) is 2.88. The first-order valence-electron chi connectivity index (χ1n) is 8.02. The van der Waals surface area contributed by atoms with Crippen LogP contribution < -0.4 is 10.1 Å². The molecule has 7 heteroatoms. The van der Waals surface area contributed by atoms with Gasteiger partial charge >= 0.3 is 0 Å². The molecule has 0 bridgehead atoms. The average Bonchev–Trinajstić information content (AvgIpc) is 3.12. The van der Waals surface area contributed by atoms with Crippen LogP contribution in [0.1, 0.15) is 5.56 Å². The molecule has 0 saturated carbocycles. The SMILES string of the molecule is COc1ccc(Nc2ccc(-c3c(C)cnc4[nH]ccc34)c(F)n2)cn1. The number of aromatic nitrogens is 4. The lowest BCUT2D eigenvalue weighted by molar-refractivity contribution is 0.398. The molecule has 0 fully saturated rings. The summed E-state index contributed by atoms with van der Waals surface area (Å²) in [6.07, 6.45) is 5.12. The molecule has 4 rings (SSSR count). The van der Waals surface area contributed by atoms with E-state index in [1.54, 1.807) is 50.0 Å². The molecule has 0 aliphatic rings. The number of nitrogens with one attached hydrogen (secondary N) is 2. The van der Waals surface area contributed by atoms with Crippen molar-refractivity contribution in [3.63, 3.8) is 0 Å². The van der Waals surface area contributed by atoms with Crippen molar-refractivity contribution in [2.75, 3.05) is 12.4 Å². The van der Waals surface area contributed by atoms with Gasteiger partial charge in [0.2, 0.25) is 11.8 Å². The number of ether oxygens (including phenoxy) is 1. The first-order valence-corrected chi connectivity index (χ1v) is 8.02. The van der Waals surface area contributed by atoms with E-state index in [1.165, 1.54) is 0 Å². The van der Waals surface area contributed by atoms with E-state index >= 15 is 0 Å². The van der Waals surface area contributed by atoms with E-state index in [0.29, 0.717) is 22.9 Å².